The van der Waals surface area contributed by atoms with Crippen molar-refractivity contribution in [3.05, 3.63) is 29.8 Å². The van der Waals surface area contributed by atoms with Crippen LogP contribution in [-0.4, -0.2) is 11.7 Å². The van der Waals surface area contributed by atoms with E-state index in [1.807, 2.05) is 18.2 Å². The van der Waals surface area contributed by atoms with E-state index in [1.165, 1.54) is 0 Å². The van der Waals surface area contributed by atoms with Crippen LogP contribution in [0, 0.1) is 11.8 Å². The molecule has 3 N–H and O–H groups in total. The lowest BCUT2D eigenvalue weighted by Crippen LogP contribution is -1.88. The van der Waals surface area contributed by atoms with Crippen LogP contribution in [0.1, 0.15) is 5.56 Å². The third-order valence-electron chi connectivity index (χ3n) is 1.26. The van der Waals surface area contributed by atoms with Gasteiger partial charge < -0.3 is 10.8 Å². The normalized spacial score (nSPS) is 8.45. The highest BCUT2D eigenvalue weighted by Gasteiger charge is 1.89. The molecule has 0 spiro atoms. The van der Waals surface area contributed by atoms with E-state index in [0.29, 0.717) is 5.69 Å². The molecule has 2 nitrogen and oxygen atoms in total. The Kier molecular flexibility index (Phi) is 2.53. The van der Waals surface area contributed by atoms with Gasteiger partial charge in [0.05, 0.1) is 0 Å². The molecule has 0 aliphatic carbocycles. The molecular formula is C9H9NO. The first-order chi connectivity index (χ1) is 5.34. The molecule has 11 heavy (non-hydrogen) atoms. The standard InChI is InChI=1S/C9H9NO/c10-9-6-2-1-4-8(9)5-3-7-11/h1-2,4,6,11H,7,10H2. The van der Waals surface area contributed by atoms with Crippen molar-refractivity contribution in [2.24, 2.45) is 0 Å². The predicted octanol–water partition coefficient (Wildman–Crippen LogP) is 0.613. The maximum Gasteiger partial charge on any atom is 0.104 e. The second kappa shape index (κ2) is 3.65. The molecule has 1 rings (SSSR count). The van der Waals surface area contributed by atoms with E-state index in [1.54, 1.807) is 6.07 Å². The van der Waals surface area contributed by atoms with Gasteiger partial charge in [0.15, 0.2) is 0 Å². The summed E-state index contributed by atoms with van der Waals surface area (Å²) in [5.41, 5.74) is 6.99. The molecule has 0 saturated heterocycles. The van der Waals surface area contributed by atoms with Crippen molar-refractivity contribution in [1.29, 1.82) is 0 Å². The van der Waals surface area contributed by atoms with Crippen LogP contribution in [0.5, 0.6) is 0 Å². The zero-order valence-corrected chi connectivity index (χ0v) is 6.04. The van der Waals surface area contributed by atoms with E-state index < -0.39 is 0 Å². The van der Waals surface area contributed by atoms with Crippen LogP contribution in [0.2, 0.25) is 0 Å². The monoisotopic (exact) mass is 147 g/mol. The van der Waals surface area contributed by atoms with Gasteiger partial charge in [0.25, 0.3) is 0 Å². The van der Waals surface area contributed by atoms with E-state index >= 15 is 0 Å². The summed E-state index contributed by atoms with van der Waals surface area (Å²) in [7, 11) is 0. The van der Waals surface area contributed by atoms with Gasteiger partial charge in [-0.2, -0.15) is 0 Å². The molecule has 0 saturated carbocycles. The van der Waals surface area contributed by atoms with E-state index in [0.717, 1.165) is 5.56 Å². The summed E-state index contributed by atoms with van der Waals surface area (Å²) in [6, 6.07) is 7.30. The van der Waals surface area contributed by atoms with Gasteiger partial charge in [0, 0.05) is 11.3 Å². The molecule has 0 bridgehead atoms. The molecule has 56 valence electrons. The average Bonchev–Trinajstić information content (AvgIpc) is 2.03. The number of anilines is 1. The Labute approximate surface area is 65.7 Å². The Hall–Kier alpha value is -1.46. The number of nitrogen functional groups attached to an aromatic ring is 1. The lowest BCUT2D eigenvalue weighted by molar-refractivity contribution is 0.350. The first kappa shape index (κ1) is 7.64. The van der Waals surface area contributed by atoms with Crippen molar-refractivity contribution in [3.8, 4) is 11.8 Å². The fourth-order valence-corrected chi connectivity index (χ4v) is 0.746. The third kappa shape index (κ3) is 1.99. The Morgan fingerprint density at radius 3 is 2.73 bits per heavy atom. The van der Waals surface area contributed by atoms with Crippen LogP contribution in [0.25, 0.3) is 0 Å². The quantitative estimate of drug-likeness (QED) is 0.417. The molecule has 0 amide bonds. The molecule has 2 heteroatoms. The second-order valence-electron chi connectivity index (χ2n) is 2.05. The van der Waals surface area contributed by atoms with Crippen LogP contribution in [0.15, 0.2) is 24.3 Å². The molecule has 0 fully saturated rings. The van der Waals surface area contributed by atoms with Crippen molar-refractivity contribution in [2.45, 2.75) is 0 Å². The molecule has 0 aliphatic rings. The lowest BCUT2D eigenvalue weighted by Gasteiger charge is -1.94. The molecule has 0 atom stereocenters. The average molecular weight is 147 g/mol. The van der Waals surface area contributed by atoms with Gasteiger partial charge in [-0.05, 0) is 12.1 Å². The zero-order chi connectivity index (χ0) is 8.10. The van der Waals surface area contributed by atoms with Gasteiger partial charge >= 0.3 is 0 Å². The molecule has 1 aromatic rings. The van der Waals surface area contributed by atoms with Crippen molar-refractivity contribution in [2.75, 3.05) is 12.3 Å². The lowest BCUT2D eigenvalue weighted by atomic mass is 10.2. The van der Waals surface area contributed by atoms with Crippen LogP contribution >= 0.6 is 0 Å². The molecule has 0 heterocycles. The third-order valence-corrected chi connectivity index (χ3v) is 1.26. The first-order valence-electron chi connectivity index (χ1n) is 3.29. The van der Waals surface area contributed by atoms with Gasteiger partial charge in [-0.1, -0.05) is 24.0 Å². The van der Waals surface area contributed by atoms with Crippen LogP contribution in [0.4, 0.5) is 5.69 Å². The number of nitrogens with two attached hydrogens (primary N) is 1. The van der Waals surface area contributed by atoms with Gasteiger partial charge in [-0.15, -0.1) is 0 Å². The van der Waals surface area contributed by atoms with Crippen LogP contribution in [-0.2, 0) is 0 Å². The Morgan fingerprint density at radius 2 is 2.09 bits per heavy atom. The molecule has 0 unspecified atom stereocenters. The highest BCUT2D eigenvalue weighted by molar-refractivity contribution is 5.55. The molecule has 0 aromatic heterocycles. The Morgan fingerprint density at radius 1 is 1.36 bits per heavy atom. The fourth-order valence-electron chi connectivity index (χ4n) is 0.746. The maximum absolute atomic E-state index is 8.40. The number of benzene rings is 1. The number of aliphatic hydroxyl groups is 1. The minimum Gasteiger partial charge on any atom is -0.398 e. The number of aliphatic hydroxyl groups excluding tert-OH is 1. The summed E-state index contributed by atoms with van der Waals surface area (Å²) < 4.78 is 0. The minimum absolute atomic E-state index is 0.131. The Bertz CT molecular complexity index is 296. The second-order valence-corrected chi connectivity index (χ2v) is 2.05. The van der Waals surface area contributed by atoms with Crippen molar-refractivity contribution in [3.63, 3.8) is 0 Å². The summed E-state index contributed by atoms with van der Waals surface area (Å²) in [4.78, 5) is 0. The van der Waals surface area contributed by atoms with Gasteiger partial charge in [0.2, 0.25) is 0 Å². The topological polar surface area (TPSA) is 46.2 Å². The fraction of sp³-hybridized carbons (Fsp3) is 0.111. The molecule has 1 aromatic carbocycles. The van der Waals surface area contributed by atoms with Crippen LogP contribution in [0.3, 0.4) is 0 Å². The largest absolute Gasteiger partial charge is 0.398 e. The summed E-state index contributed by atoms with van der Waals surface area (Å²) in [5, 5.41) is 8.40. The highest BCUT2D eigenvalue weighted by Crippen LogP contribution is 2.07. The Balaban J connectivity index is 2.95. The number of rotatable bonds is 0. The summed E-state index contributed by atoms with van der Waals surface area (Å²) in [6.07, 6.45) is 0. The van der Waals surface area contributed by atoms with Gasteiger partial charge in [-0.3, -0.25) is 0 Å². The maximum atomic E-state index is 8.40. The predicted molar refractivity (Wildman–Crippen MR) is 44.8 cm³/mol. The SMILES string of the molecule is Nc1ccccc1C#CCO. The zero-order valence-electron chi connectivity index (χ0n) is 6.04. The first-order valence-corrected chi connectivity index (χ1v) is 3.29. The molecule has 0 radical (unpaired) electrons. The molecule has 0 aliphatic heterocycles. The van der Waals surface area contributed by atoms with E-state index in [9.17, 15) is 0 Å². The summed E-state index contributed by atoms with van der Waals surface area (Å²) >= 11 is 0. The van der Waals surface area contributed by atoms with Gasteiger partial charge in [0.1, 0.15) is 6.61 Å². The van der Waals surface area contributed by atoms with E-state index in [4.69, 9.17) is 10.8 Å². The van der Waals surface area contributed by atoms with E-state index in [2.05, 4.69) is 11.8 Å². The smallest absolute Gasteiger partial charge is 0.104 e. The van der Waals surface area contributed by atoms with Crippen molar-refractivity contribution in [1.82, 2.24) is 0 Å². The van der Waals surface area contributed by atoms with Crippen molar-refractivity contribution >= 4 is 5.69 Å². The number of hydrogen-bond acceptors (Lipinski definition) is 2. The van der Waals surface area contributed by atoms with Gasteiger partial charge in [-0.25, -0.2) is 0 Å². The van der Waals surface area contributed by atoms with Crippen molar-refractivity contribution < 1.29 is 5.11 Å². The number of hydrogen-bond donors (Lipinski definition) is 2. The van der Waals surface area contributed by atoms with Crippen LogP contribution < -0.4 is 5.73 Å². The van der Waals surface area contributed by atoms with E-state index in [-0.39, 0.29) is 6.61 Å². The number of para-hydroxylation sites is 1. The summed E-state index contributed by atoms with van der Waals surface area (Å²) in [6.45, 7) is -0.131. The minimum atomic E-state index is -0.131. The highest BCUT2D eigenvalue weighted by atomic mass is 16.2. The molecular weight excluding hydrogens is 138 g/mol. The summed E-state index contributed by atoms with van der Waals surface area (Å²) in [5.74, 6) is 5.27.